The molecule has 10 heteroatoms. The van der Waals surface area contributed by atoms with E-state index in [1.54, 1.807) is 6.07 Å². The second-order valence-corrected chi connectivity index (χ2v) is 5.27. The van der Waals surface area contributed by atoms with Gasteiger partial charge < -0.3 is 29.9 Å². The maximum Gasteiger partial charge on any atom is 0.335 e. The average molecular weight is 343 g/mol. The van der Waals surface area contributed by atoms with Gasteiger partial charge in [-0.25, -0.2) is 4.79 Å². The Balaban J connectivity index is 2.29. The molecule has 24 heavy (non-hydrogen) atoms. The van der Waals surface area contributed by atoms with Crippen molar-refractivity contribution in [2.45, 2.75) is 44.1 Å². The highest BCUT2D eigenvalue weighted by Gasteiger charge is 2.48. The third kappa shape index (κ3) is 3.46. The first-order chi connectivity index (χ1) is 11.3. The van der Waals surface area contributed by atoms with Gasteiger partial charge in [-0.05, 0) is 18.1 Å². The molecule has 5 atom stereocenters. The van der Waals surface area contributed by atoms with Crippen molar-refractivity contribution in [3.8, 4) is 5.75 Å². The lowest BCUT2D eigenvalue weighted by molar-refractivity contribution is -0.387. The van der Waals surface area contributed by atoms with Gasteiger partial charge in [0.25, 0.3) is 0 Å². The number of aliphatic hydroxyl groups is 3. The van der Waals surface area contributed by atoms with Gasteiger partial charge in [0.2, 0.25) is 6.29 Å². The Morgan fingerprint density at radius 1 is 1.29 bits per heavy atom. The lowest BCUT2D eigenvalue weighted by atomic mass is 9.99. The van der Waals surface area contributed by atoms with E-state index >= 15 is 0 Å². The summed E-state index contributed by atoms with van der Waals surface area (Å²) in [6.45, 7) is 1.81. The average Bonchev–Trinajstić information content (AvgIpc) is 2.55. The van der Waals surface area contributed by atoms with Crippen LogP contribution in [0.4, 0.5) is 5.69 Å². The molecule has 1 aliphatic rings. The van der Waals surface area contributed by atoms with Crippen molar-refractivity contribution in [3.63, 3.8) is 0 Å². The Morgan fingerprint density at radius 2 is 1.96 bits per heavy atom. The summed E-state index contributed by atoms with van der Waals surface area (Å²) in [5.74, 6) is -1.83. The second kappa shape index (κ2) is 7.09. The first-order valence-corrected chi connectivity index (χ1v) is 7.12. The number of carbonyl (C=O) groups is 1. The van der Waals surface area contributed by atoms with Gasteiger partial charge in [-0.3, -0.25) is 10.1 Å². The van der Waals surface area contributed by atoms with Crippen LogP contribution < -0.4 is 4.74 Å². The van der Waals surface area contributed by atoms with Crippen LogP contribution in [0.2, 0.25) is 0 Å². The van der Waals surface area contributed by atoms with Gasteiger partial charge in [-0.2, -0.15) is 0 Å². The molecule has 1 heterocycles. The number of aliphatic carboxylic acids is 1. The summed E-state index contributed by atoms with van der Waals surface area (Å²) in [6.07, 6.45) is -8.50. The molecule has 2 rings (SSSR count). The SMILES string of the molecule is CCc1ccc(O[C@@H]2OC(C(=O)O)[C@@H](O)[C@H](O)C2O)c([N+](=O)[O-])c1. The Bertz CT molecular complexity index is 635. The van der Waals surface area contributed by atoms with Crippen LogP contribution >= 0.6 is 0 Å². The van der Waals surface area contributed by atoms with Crippen molar-refractivity contribution in [2.75, 3.05) is 0 Å². The zero-order valence-corrected chi connectivity index (χ0v) is 12.6. The molecule has 0 radical (unpaired) electrons. The van der Waals surface area contributed by atoms with Crippen LogP contribution in [-0.4, -0.2) is 62.0 Å². The topological polar surface area (TPSA) is 160 Å². The number of carboxylic acids is 1. The third-order valence-electron chi connectivity index (χ3n) is 3.68. The molecule has 0 aliphatic carbocycles. The standard InChI is InChI=1S/C14H17NO9/c1-2-6-3-4-8(7(5-6)15(21)22)23-14-11(18)9(16)10(17)12(24-14)13(19)20/h3-5,9-12,14,16-18H,2H2,1H3,(H,19,20)/t9-,10-,11?,12?,14+/m0/s1. The van der Waals surface area contributed by atoms with Crippen LogP contribution in [0, 0.1) is 10.1 Å². The molecule has 1 saturated heterocycles. The minimum absolute atomic E-state index is 0.256. The van der Waals surface area contributed by atoms with Gasteiger partial charge in [0.15, 0.2) is 11.9 Å². The summed E-state index contributed by atoms with van der Waals surface area (Å²) >= 11 is 0. The molecule has 0 saturated carbocycles. The molecule has 4 N–H and O–H groups in total. The predicted molar refractivity (Wildman–Crippen MR) is 77.4 cm³/mol. The maximum atomic E-state index is 11.1. The van der Waals surface area contributed by atoms with Gasteiger partial charge in [0.1, 0.15) is 18.3 Å². The third-order valence-corrected chi connectivity index (χ3v) is 3.68. The summed E-state index contributed by atoms with van der Waals surface area (Å²) in [6, 6.07) is 4.14. The number of benzene rings is 1. The number of nitrogens with zero attached hydrogens (tertiary/aromatic N) is 1. The lowest BCUT2D eigenvalue weighted by Crippen LogP contribution is -2.61. The van der Waals surface area contributed by atoms with Gasteiger partial charge in [-0.1, -0.05) is 13.0 Å². The highest BCUT2D eigenvalue weighted by molar-refractivity contribution is 5.73. The molecule has 132 valence electrons. The quantitative estimate of drug-likeness (QED) is 0.405. The molecule has 0 bridgehead atoms. The zero-order chi connectivity index (χ0) is 18.0. The highest BCUT2D eigenvalue weighted by atomic mass is 16.7. The molecule has 0 amide bonds. The van der Waals surface area contributed by atoms with Gasteiger partial charge >= 0.3 is 11.7 Å². The van der Waals surface area contributed by atoms with Gasteiger partial charge in [0.05, 0.1) is 4.92 Å². The van der Waals surface area contributed by atoms with Crippen molar-refractivity contribution in [1.82, 2.24) is 0 Å². The fraction of sp³-hybridized carbons (Fsp3) is 0.500. The highest BCUT2D eigenvalue weighted by Crippen LogP contribution is 2.32. The summed E-state index contributed by atoms with van der Waals surface area (Å²) in [7, 11) is 0. The first-order valence-electron chi connectivity index (χ1n) is 7.12. The van der Waals surface area contributed by atoms with E-state index in [2.05, 4.69) is 0 Å². The molecule has 1 aromatic rings. The maximum absolute atomic E-state index is 11.1. The van der Waals surface area contributed by atoms with Crippen LogP contribution in [0.15, 0.2) is 18.2 Å². The summed E-state index contributed by atoms with van der Waals surface area (Å²) in [5.41, 5.74) is 0.288. The van der Waals surface area contributed by atoms with Crippen molar-refractivity contribution in [2.24, 2.45) is 0 Å². The second-order valence-electron chi connectivity index (χ2n) is 5.27. The Morgan fingerprint density at radius 3 is 2.50 bits per heavy atom. The van der Waals surface area contributed by atoms with E-state index in [1.165, 1.54) is 12.1 Å². The number of hydrogen-bond donors (Lipinski definition) is 4. The normalized spacial score (nSPS) is 29.9. The number of nitro groups is 1. The minimum atomic E-state index is -1.87. The lowest BCUT2D eigenvalue weighted by Gasteiger charge is -2.38. The number of aryl methyl sites for hydroxylation is 1. The van der Waals surface area contributed by atoms with Gasteiger partial charge in [-0.15, -0.1) is 0 Å². The molecule has 1 aliphatic heterocycles. The number of rotatable bonds is 5. The van der Waals surface area contributed by atoms with E-state index in [9.17, 15) is 30.2 Å². The molecular formula is C14H17NO9. The summed E-state index contributed by atoms with van der Waals surface area (Å²) in [5, 5.41) is 49.3. The molecule has 0 aromatic heterocycles. The molecule has 1 aromatic carbocycles. The number of hydrogen-bond acceptors (Lipinski definition) is 8. The summed E-state index contributed by atoms with van der Waals surface area (Å²) < 4.78 is 10.1. The largest absolute Gasteiger partial charge is 0.479 e. The van der Waals surface area contributed by atoms with Crippen LogP contribution in [-0.2, 0) is 16.0 Å². The van der Waals surface area contributed by atoms with Crippen LogP contribution in [0.5, 0.6) is 5.75 Å². The predicted octanol–water partition coefficient (Wildman–Crippen LogP) is -0.572. The van der Waals surface area contributed by atoms with Crippen molar-refractivity contribution >= 4 is 11.7 Å². The number of nitro benzene ring substituents is 1. The Kier molecular flexibility index (Phi) is 5.34. The van der Waals surface area contributed by atoms with E-state index in [0.717, 1.165) is 0 Å². The summed E-state index contributed by atoms with van der Waals surface area (Å²) in [4.78, 5) is 21.5. The van der Waals surface area contributed by atoms with E-state index in [4.69, 9.17) is 14.6 Å². The van der Waals surface area contributed by atoms with Gasteiger partial charge in [0, 0.05) is 6.07 Å². The molecule has 10 nitrogen and oxygen atoms in total. The Labute approximate surface area is 136 Å². The fourth-order valence-corrected chi connectivity index (χ4v) is 2.30. The number of aliphatic hydroxyl groups excluding tert-OH is 3. The number of carboxylic acid groups (broad SMARTS) is 1. The molecule has 2 unspecified atom stereocenters. The minimum Gasteiger partial charge on any atom is -0.479 e. The monoisotopic (exact) mass is 343 g/mol. The van der Waals surface area contributed by atoms with E-state index in [0.29, 0.717) is 12.0 Å². The zero-order valence-electron chi connectivity index (χ0n) is 12.6. The number of ether oxygens (including phenoxy) is 2. The van der Waals surface area contributed by atoms with Crippen LogP contribution in [0.1, 0.15) is 12.5 Å². The van der Waals surface area contributed by atoms with Crippen molar-refractivity contribution < 1.29 is 39.6 Å². The van der Waals surface area contributed by atoms with E-state index in [1.807, 2.05) is 6.92 Å². The van der Waals surface area contributed by atoms with Crippen LogP contribution in [0.3, 0.4) is 0 Å². The molecule has 1 fully saturated rings. The van der Waals surface area contributed by atoms with Crippen molar-refractivity contribution in [3.05, 3.63) is 33.9 Å². The first kappa shape index (κ1) is 18.1. The van der Waals surface area contributed by atoms with Crippen LogP contribution in [0.25, 0.3) is 0 Å². The smallest absolute Gasteiger partial charge is 0.335 e. The van der Waals surface area contributed by atoms with E-state index in [-0.39, 0.29) is 5.75 Å². The Hall–Kier alpha value is -2.27. The fourth-order valence-electron chi connectivity index (χ4n) is 2.30. The van der Waals surface area contributed by atoms with E-state index < -0.39 is 47.3 Å². The van der Waals surface area contributed by atoms with Crippen molar-refractivity contribution in [1.29, 1.82) is 0 Å². The molecular weight excluding hydrogens is 326 g/mol. The molecule has 0 spiro atoms.